The normalized spacial score (nSPS) is 11.6. The number of hydrogen-bond acceptors (Lipinski definition) is 4. The summed E-state index contributed by atoms with van der Waals surface area (Å²) in [5.74, 6) is 0.212. The summed E-state index contributed by atoms with van der Waals surface area (Å²) < 4.78 is 44.0. The van der Waals surface area contributed by atoms with Crippen LogP contribution in [0.3, 0.4) is 0 Å². The largest absolute Gasteiger partial charge is 0.455 e. The molecule has 1 amide bonds. The van der Waals surface area contributed by atoms with Gasteiger partial charge in [0.15, 0.2) is 0 Å². The highest BCUT2D eigenvalue weighted by atomic mass is 19.4. The van der Waals surface area contributed by atoms with Crippen molar-refractivity contribution in [2.24, 2.45) is 5.10 Å². The summed E-state index contributed by atoms with van der Waals surface area (Å²) in [6, 6.07) is 15.5. The average Bonchev–Trinajstić information content (AvgIpc) is 3.16. The first-order valence-electron chi connectivity index (χ1n) is 8.72. The van der Waals surface area contributed by atoms with Gasteiger partial charge in [-0.15, -0.1) is 0 Å². The number of amides is 1. The fourth-order valence-corrected chi connectivity index (χ4v) is 2.58. The second-order valence-electron chi connectivity index (χ2n) is 6.24. The summed E-state index contributed by atoms with van der Waals surface area (Å²) in [7, 11) is 0. The van der Waals surface area contributed by atoms with Gasteiger partial charge in [0.2, 0.25) is 0 Å². The number of hydrazone groups is 1. The van der Waals surface area contributed by atoms with Crippen LogP contribution in [0.5, 0.6) is 0 Å². The lowest BCUT2D eigenvalue weighted by Crippen LogP contribution is -2.26. The summed E-state index contributed by atoms with van der Waals surface area (Å²) in [4.78, 5) is 11.9. The maximum Gasteiger partial charge on any atom is 0.416 e. The molecule has 1 heterocycles. The van der Waals surface area contributed by atoms with Crippen LogP contribution in [0.1, 0.15) is 16.9 Å². The molecule has 0 spiro atoms. The highest BCUT2D eigenvalue weighted by molar-refractivity contribution is 5.83. The highest BCUT2D eigenvalue weighted by Gasteiger charge is 2.30. The number of aryl methyl sites for hydroxylation is 1. The number of nitrogens with one attached hydrogen (secondary N) is 2. The van der Waals surface area contributed by atoms with Crippen LogP contribution in [-0.2, 0) is 11.0 Å². The maximum absolute atomic E-state index is 12.8. The minimum Gasteiger partial charge on any atom is -0.455 e. The van der Waals surface area contributed by atoms with Crippen LogP contribution in [-0.4, -0.2) is 18.7 Å². The van der Waals surface area contributed by atoms with Gasteiger partial charge in [-0.05, 0) is 42.8 Å². The number of rotatable bonds is 6. The smallest absolute Gasteiger partial charge is 0.416 e. The number of nitrogens with zero attached hydrogens (tertiary/aromatic N) is 1. The number of halogens is 3. The molecule has 0 aliphatic carbocycles. The van der Waals surface area contributed by atoms with Crippen LogP contribution in [0.15, 0.2) is 70.2 Å². The molecule has 5 nitrogen and oxygen atoms in total. The van der Waals surface area contributed by atoms with E-state index >= 15 is 0 Å². The van der Waals surface area contributed by atoms with Crippen molar-refractivity contribution in [1.29, 1.82) is 0 Å². The molecule has 0 fully saturated rings. The second kappa shape index (κ2) is 8.64. The van der Waals surface area contributed by atoms with E-state index in [-0.39, 0.29) is 18.2 Å². The van der Waals surface area contributed by atoms with Gasteiger partial charge < -0.3 is 9.73 Å². The Kier molecular flexibility index (Phi) is 6.01. The molecule has 2 aromatic carbocycles. The fraction of sp³-hybridized carbons (Fsp3) is 0.143. The molecule has 8 heteroatoms. The first-order chi connectivity index (χ1) is 13.8. The van der Waals surface area contributed by atoms with E-state index in [1.165, 1.54) is 18.3 Å². The number of alkyl halides is 3. The Morgan fingerprint density at radius 2 is 1.90 bits per heavy atom. The molecule has 3 rings (SSSR count). The second-order valence-corrected chi connectivity index (χ2v) is 6.24. The van der Waals surface area contributed by atoms with Crippen LogP contribution in [0.25, 0.3) is 11.3 Å². The third kappa shape index (κ3) is 5.47. The summed E-state index contributed by atoms with van der Waals surface area (Å²) in [5.41, 5.74) is 3.77. The number of hydrogen-bond donors (Lipinski definition) is 2. The molecular weight excluding hydrogens is 383 g/mol. The molecule has 1 aromatic heterocycles. The van der Waals surface area contributed by atoms with Crippen molar-refractivity contribution in [3.05, 3.63) is 77.6 Å². The van der Waals surface area contributed by atoms with Gasteiger partial charge in [0.1, 0.15) is 11.5 Å². The minimum atomic E-state index is -4.43. The van der Waals surface area contributed by atoms with Gasteiger partial charge in [-0.25, -0.2) is 5.43 Å². The molecule has 0 aliphatic rings. The fourth-order valence-electron chi connectivity index (χ4n) is 2.58. The van der Waals surface area contributed by atoms with Gasteiger partial charge in [0, 0.05) is 11.3 Å². The molecule has 29 heavy (non-hydrogen) atoms. The summed E-state index contributed by atoms with van der Waals surface area (Å²) in [6.45, 7) is 1.97. The molecule has 150 valence electrons. The van der Waals surface area contributed by atoms with E-state index < -0.39 is 11.7 Å². The Morgan fingerprint density at radius 3 is 2.66 bits per heavy atom. The van der Waals surface area contributed by atoms with E-state index in [9.17, 15) is 18.0 Å². The van der Waals surface area contributed by atoms with Crippen molar-refractivity contribution in [1.82, 2.24) is 5.43 Å². The number of benzene rings is 2. The maximum atomic E-state index is 12.8. The zero-order valence-corrected chi connectivity index (χ0v) is 15.5. The zero-order valence-electron chi connectivity index (χ0n) is 15.5. The Labute approximate surface area is 165 Å². The van der Waals surface area contributed by atoms with E-state index in [0.29, 0.717) is 11.3 Å². The predicted octanol–water partition coefficient (Wildman–Crippen LogP) is 4.84. The topological polar surface area (TPSA) is 66.6 Å². The summed E-state index contributed by atoms with van der Waals surface area (Å²) in [6.07, 6.45) is -3.15. The number of anilines is 1. The van der Waals surface area contributed by atoms with Gasteiger partial charge in [0.25, 0.3) is 5.91 Å². The van der Waals surface area contributed by atoms with Crippen LogP contribution in [0.4, 0.5) is 18.9 Å². The SMILES string of the molecule is Cc1ccccc1NCC(=O)NN=Cc1ccc(-c2cccc(C(F)(F)F)c2)o1. The molecule has 0 bridgehead atoms. The average molecular weight is 401 g/mol. The van der Waals surface area contributed by atoms with Crippen molar-refractivity contribution in [2.75, 3.05) is 11.9 Å². The van der Waals surface area contributed by atoms with Crippen LogP contribution in [0, 0.1) is 6.92 Å². The Bertz CT molecular complexity index is 1030. The predicted molar refractivity (Wildman–Crippen MR) is 105 cm³/mol. The third-order valence-electron chi connectivity index (χ3n) is 4.07. The summed E-state index contributed by atoms with van der Waals surface area (Å²) in [5, 5.41) is 6.80. The van der Waals surface area contributed by atoms with E-state index in [1.54, 1.807) is 12.1 Å². The highest BCUT2D eigenvalue weighted by Crippen LogP contribution is 2.32. The Hall–Kier alpha value is -3.55. The van der Waals surface area contributed by atoms with Gasteiger partial charge in [-0.1, -0.05) is 30.3 Å². The lowest BCUT2D eigenvalue weighted by atomic mass is 10.1. The zero-order chi connectivity index (χ0) is 20.9. The van der Waals surface area contributed by atoms with Crippen molar-refractivity contribution in [3.63, 3.8) is 0 Å². The molecule has 3 aromatic rings. The molecule has 2 N–H and O–H groups in total. The minimum absolute atomic E-state index is 0.0375. The van der Waals surface area contributed by atoms with Gasteiger partial charge in [-0.2, -0.15) is 18.3 Å². The first-order valence-corrected chi connectivity index (χ1v) is 8.72. The number of carbonyl (C=O) groups is 1. The van der Waals surface area contributed by atoms with Crippen LogP contribution in [0.2, 0.25) is 0 Å². The van der Waals surface area contributed by atoms with Crippen molar-refractivity contribution in [2.45, 2.75) is 13.1 Å². The quantitative estimate of drug-likeness (QED) is 0.459. The van der Waals surface area contributed by atoms with Crippen molar-refractivity contribution >= 4 is 17.8 Å². The van der Waals surface area contributed by atoms with Crippen LogP contribution >= 0.6 is 0 Å². The van der Waals surface area contributed by atoms with Gasteiger partial charge in [0.05, 0.1) is 18.3 Å². The Balaban J connectivity index is 1.57. The van der Waals surface area contributed by atoms with Crippen molar-refractivity contribution < 1.29 is 22.4 Å². The molecule has 0 saturated heterocycles. The molecule has 0 aliphatic heterocycles. The van der Waals surface area contributed by atoms with Crippen molar-refractivity contribution in [3.8, 4) is 11.3 Å². The van der Waals surface area contributed by atoms with E-state index in [0.717, 1.165) is 23.4 Å². The third-order valence-corrected chi connectivity index (χ3v) is 4.07. The molecule has 0 saturated carbocycles. The monoisotopic (exact) mass is 401 g/mol. The molecule has 0 atom stereocenters. The van der Waals surface area contributed by atoms with Gasteiger partial charge in [-0.3, -0.25) is 4.79 Å². The molecule has 0 unspecified atom stereocenters. The van der Waals surface area contributed by atoms with E-state index in [1.807, 2.05) is 31.2 Å². The molecular formula is C21H18F3N3O2. The number of para-hydroxylation sites is 1. The summed E-state index contributed by atoms with van der Waals surface area (Å²) >= 11 is 0. The standard InChI is InChI=1S/C21H18F3N3O2/c1-14-5-2-3-8-18(14)25-13-20(28)27-26-12-17-9-10-19(29-17)15-6-4-7-16(11-15)21(22,23)24/h2-12,25H,13H2,1H3,(H,27,28). The van der Waals surface area contributed by atoms with E-state index in [4.69, 9.17) is 4.42 Å². The number of furan rings is 1. The molecule has 0 radical (unpaired) electrons. The lowest BCUT2D eigenvalue weighted by molar-refractivity contribution is -0.137. The Morgan fingerprint density at radius 1 is 1.10 bits per heavy atom. The first kappa shape index (κ1) is 20.2. The van der Waals surface area contributed by atoms with Crippen LogP contribution < -0.4 is 10.7 Å². The van der Waals surface area contributed by atoms with Gasteiger partial charge >= 0.3 is 6.18 Å². The van der Waals surface area contributed by atoms with E-state index in [2.05, 4.69) is 15.8 Å². The lowest BCUT2D eigenvalue weighted by Gasteiger charge is -2.07. The number of carbonyl (C=O) groups excluding carboxylic acids is 1.